The van der Waals surface area contributed by atoms with E-state index in [1.807, 2.05) is 36.4 Å². The van der Waals surface area contributed by atoms with E-state index in [2.05, 4.69) is 20.8 Å². The summed E-state index contributed by atoms with van der Waals surface area (Å²) in [5, 5.41) is 11.6. The summed E-state index contributed by atoms with van der Waals surface area (Å²) in [5.41, 5.74) is 1.46. The van der Waals surface area contributed by atoms with Gasteiger partial charge in [-0.25, -0.2) is 0 Å². The van der Waals surface area contributed by atoms with Gasteiger partial charge in [-0.05, 0) is 42.7 Å². The Hall–Kier alpha value is -1.95. The molecule has 2 aromatic carbocycles. The Bertz CT molecular complexity index is 972. The number of benzene rings is 2. The van der Waals surface area contributed by atoms with E-state index >= 15 is 0 Å². The number of fused-ring (bicyclic) bond motifs is 1. The van der Waals surface area contributed by atoms with Crippen molar-refractivity contribution in [2.45, 2.75) is 25.0 Å². The molecule has 0 bridgehead atoms. The van der Waals surface area contributed by atoms with Gasteiger partial charge < -0.3 is 9.52 Å². The summed E-state index contributed by atoms with van der Waals surface area (Å²) in [7, 11) is 0. The first-order valence-corrected chi connectivity index (χ1v) is 9.55. The average Bonchev–Trinajstić information content (AvgIpc) is 2.66. The van der Waals surface area contributed by atoms with Gasteiger partial charge in [0, 0.05) is 29.7 Å². The summed E-state index contributed by atoms with van der Waals surface area (Å²) in [5.74, 6) is 0. The number of rotatable bonds is 3. The largest absolute Gasteiger partial charge is 0.464 e. The van der Waals surface area contributed by atoms with Crippen LogP contribution < -0.4 is 5.43 Å². The van der Waals surface area contributed by atoms with Crippen LogP contribution in [0.5, 0.6) is 0 Å². The molecular weight excluding hydrogens is 394 g/mol. The molecule has 134 valence electrons. The molecule has 0 spiro atoms. The van der Waals surface area contributed by atoms with E-state index in [1.54, 1.807) is 18.4 Å². The molecule has 0 amide bonds. The van der Waals surface area contributed by atoms with Crippen molar-refractivity contribution < 1.29 is 9.52 Å². The standard InChI is InChI=1S/C21H20BrNO3/c22-17-7-5-16(6-8-17)21(25)9-11-23(12-10-21)13-15-14-26-19-4-2-1-3-18(19)20(15)24/h1-8,14,25H,9-13H2. The lowest BCUT2D eigenvalue weighted by atomic mass is 9.84. The first-order chi connectivity index (χ1) is 12.5. The second kappa shape index (κ2) is 6.99. The molecule has 1 aliphatic rings. The van der Waals surface area contributed by atoms with Crippen LogP contribution in [0, 0.1) is 0 Å². The molecule has 3 aromatic rings. The maximum absolute atomic E-state index is 12.6. The van der Waals surface area contributed by atoms with Gasteiger partial charge in [0.2, 0.25) is 0 Å². The zero-order valence-electron chi connectivity index (χ0n) is 14.3. The summed E-state index contributed by atoms with van der Waals surface area (Å²) in [4.78, 5) is 14.8. The third kappa shape index (κ3) is 3.34. The van der Waals surface area contributed by atoms with Gasteiger partial charge in [-0.1, -0.05) is 40.2 Å². The molecule has 2 heterocycles. The minimum absolute atomic E-state index is 0.0283. The van der Waals surface area contributed by atoms with E-state index in [-0.39, 0.29) is 5.43 Å². The molecule has 26 heavy (non-hydrogen) atoms. The number of piperidine rings is 1. The van der Waals surface area contributed by atoms with Gasteiger partial charge in [0.25, 0.3) is 0 Å². The maximum Gasteiger partial charge on any atom is 0.197 e. The van der Waals surface area contributed by atoms with Gasteiger partial charge >= 0.3 is 0 Å². The lowest BCUT2D eigenvalue weighted by Gasteiger charge is -2.38. The lowest BCUT2D eigenvalue weighted by molar-refractivity contribution is -0.0278. The molecular formula is C21H20BrNO3. The summed E-state index contributed by atoms with van der Waals surface area (Å²) < 4.78 is 6.61. The summed E-state index contributed by atoms with van der Waals surface area (Å²) in [6.07, 6.45) is 2.86. The van der Waals surface area contributed by atoms with Crippen molar-refractivity contribution in [3.63, 3.8) is 0 Å². The Kier molecular flexibility index (Phi) is 4.69. The number of para-hydroxylation sites is 1. The minimum atomic E-state index is -0.800. The Balaban J connectivity index is 1.48. The fraction of sp³-hybridized carbons (Fsp3) is 0.286. The van der Waals surface area contributed by atoms with Crippen LogP contribution in [-0.4, -0.2) is 23.1 Å². The normalized spacial score (nSPS) is 17.5. The molecule has 0 aliphatic carbocycles. The van der Waals surface area contributed by atoms with E-state index in [9.17, 15) is 9.90 Å². The van der Waals surface area contributed by atoms with Crippen molar-refractivity contribution in [2.24, 2.45) is 0 Å². The van der Waals surface area contributed by atoms with Crippen LogP contribution in [0.1, 0.15) is 24.0 Å². The number of hydrogen-bond acceptors (Lipinski definition) is 4. The monoisotopic (exact) mass is 413 g/mol. The zero-order chi connectivity index (χ0) is 18.1. The van der Waals surface area contributed by atoms with E-state index in [4.69, 9.17) is 4.42 Å². The highest BCUT2D eigenvalue weighted by molar-refractivity contribution is 9.10. The molecule has 0 radical (unpaired) electrons. The van der Waals surface area contributed by atoms with E-state index in [0.29, 0.717) is 35.9 Å². The molecule has 5 heteroatoms. The van der Waals surface area contributed by atoms with E-state index in [1.165, 1.54) is 0 Å². The van der Waals surface area contributed by atoms with Crippen molar-refractivity contribution in [3.05, 3.63) is 80.6 Å². The fourth-order valence-corrected chi connectivity index (χ4v) is 3.86. The van der Waals surface area contributed by atoms with E-state index < -0.39 is 5.60 Å². The van der Waals surface area contributed by atoms with Crippen LogP contribution in [0.3, 0.4) is 0 Å². The van der Waals surface area contributed by atoms with Gasteiger partial charge in [-0.3, -0.25) is 9.69 Å². The van der Waals surface area contributed by atoms with Crippen LogP contribution in [0.2, 0.25) is 0 Å². The molecule has 4 nitrogen and oxygen atoms in total. The summed E-state index contributed by atoms with van der Waals surface area (Å²) in [6.45, 7) is 2.02. The quantitative estimate of drug-likeness (QED) is 0.703. The number of hydrogen-bond donors (Lipinski definition) is 1. The van der Waals surface area contributed by atoms with Crippen LogP contribution >= 0.6 is 15.9 Å². The molecule has 1 fully saturated rings. The molecule has 1 N–H and O–H groups in total. The predicted molar refractivity (Wildman–Crippen MR) is 105 cm³/mol. The fourth-order valence-electron chi connectivity index (χ4n) is 3.60. The Morgan fingerprint density at radius 2 is 1.77 bits per heavy atom. The van der Waals surface area contributed by atoms with Gasteiger partial charge in [-0.2, -0.15) is 0 Å². The number of aliphatic hydroxyl groups is 1. The predicted octanol–water partition coefficient (Wildman–Crippen LogP) is 4.04. The van der Waals surface area contributed by atoms with Crippen molar-refractivity contribution in [2.75, 3.05) is 13.1 Å². The molecule has 0 saturated carbocycles. The average molecular weight is 414 g/mol. The second-order valence-corrected chi connectivity index (χ2v) is 7.82. The van der Waals surface area contributed by atoms with Crippen molar-refractivity contribution in [3.8, 4) is 0 Å². The number of nitrogens with zero attached hydrogens (tertiary/aromatic N) is 1. The van der Waals surface area contributed by atoms with Gasteiger partial charge in [-0.15, -0.1) is 0 Å². The zero-order valence-corrected chi connectivity index (χ0v) is 15.9. The number of halogens is 1. The topological polar surface area (TPSA) is 53.7 Å². The lowest BCUT2D eigenvalue weighted by Crippen LogP contribution is -2.42. The summed E-state index contributed by atoms with van der Waals surface area (Å²) >= 11 is 3.43. The first-order valence-electron chi connectivity index (χ1n) is 8.75. The van der Waals surface area contributed by atoms with Crippen LogP contribution in [-0.2, 0) is 12.1 Å². The van der Waals surface area contributed by atoms with Crippen LogP contribution in [0.25, 0.3) is 11.0 Å². The highest BCUT2D eigenvalue weighted by atomic mass is 79.9. The SMILES string of the molecule is O=c1c(CN2CCC(O)(c3ccc(Br)cc3)CC2)coc2ccccc12. The molecule has 1 saturated heterocycles. The molecule has 1 aromatic heterocycles. The first kappa shape index (κ1) is 17.5. The smallest absolute Gasteiger partial charge is 0.197 e. The Morgan fingerprint density at radius 1 is 1.08 bits per heavy atom. The van der Waals surface area contributed by atoms with Crippen molar-refractivity contribution >= 4 is 26.9 Å². The third-order valence-corrected chi connectivity index (χ3v) is 5.74. The minimum Gasteiger partial charge on any atom is -0.464 e. The van der Waals surface area contributed by atoms with Gasteiger partial charge in [0.05, 0.1) is 17.3 Å². The molecule has 0 atom stereocenters. The third-order valence-electron chi connectivity index (χ3n) is 5.21. The van der Waals surface area contributed by atoms with Crippen molar-refractivity contribution in [1.29, 1.82) is 0 Å². The van der Waals surface area contributed by atoms with Crippen LogP contribution in [0.4, 0.5) is 0 Å². The highest BCUT2D eigenvalue weighted by Gasteiger charge is 2.34. The Morgan fingerprint density at radius 3 is 2.50 bits per heavy atom. The molecule has 1 aliphatic heterocycles. The molecule has 4 rings (SSSR count). The second-order valence-electron chi connectivity index (χ2n) is 6.90. The van der Waals surface area contributed by atoms with Crippen molar-refractivity contribution in [1.82, 2.24) is 4.90 Å². The number of likely N-dealkylation sites (tertiary alicyclic amines) is 1. The van der Waals surface area contributed by atoms with E-state index in [0.717, 1.165) is 23.1 Å². The highest BCUT2D eigenvalue weighted by Crippen LogP contribution is 2.33. The van der Waals surface area contributed by atoms with Gasteiger partial charge in [0.1, 0.15) is 5.58 Å². The van der Waals surface area contributed by atoms with Crippen LogP contribution in [0.15, 0.2) is 68.5 Å². The van der Waals surface area contributed by atoms with Gasteiger partial charge in [0.15, 0.2) is 5.43 Å². The molecule has 0 unspecified atom stereocenters. The summed E-state index contributed by atoms with van der Waals surface area (Å²) in [6, 6.07) is 15.2. The Labute approximate surface area is 160 Å². The maximum atomic E-state index is 12.6.